The first kappa shape index (κ1) is 12.6. The Hall–Kier alpha value is -0.840. The van der Waals surface area contributed by atoms with Crippen LogP contribution in [0.25, 0.3) is 0 Å². The molecule has 88 valence electrons. The zero-order chi connectivity index (χ0) is 12.3. The van der Waals surface area contributed by atoms with Gasteiger partial charge in [-0.1, -0.05) is 51.3 Å². The normalized spacial score (nSPS) is 10.3. The Kier molecular flexibility index (Phi) is 4.20. The van der Waals surface area contributed by atoms with Gasteiger partial charge in [0.15, 0.2) is 10.3 Å². The number of hydrogen-bond acceptors (Lipinski definition) is 3. The third-order valence-electron chi connectivity index (χ3n) is 2.14. The SMILES string of the molecule is Clc1ncnc(Cl)c1NCc1ccc(Br)cc1. The molecular formula is C11H8BrCl2N3. The van der Waals surface area contributed by atoms with Crippen LogP contribution in [0.4, 0.5) is 5.69 Å². The third kappa shape index (κ3) is 3.31. The van der Waals surface area contributed by atoms with Gasteiger partial charge in [0, 0.05) is 11.0 Å². The van der Waals surface area contributed by atoms with Crippen molar-refractivity contribution in [2.75, 3.05) is 5.32 Å². The van der Waals surface area contributed by atoms with E-state index in [4.69, 9.17) is 23.2 Å². The summed E-state index contributed by atoms with van der Waals surface area (Å²) in [5, 5.41) is 3.76. The van der Waals surface area contributed by atoms with Crippen molar-refractivity contribution in [3.05, 3.63) is 50.9 Å². The maximum Gasteiger partial charge on any atom is 0.157 e. The summed E-state index contributed by atoms with van der Waals surface area (Å²) in [6.45, 7) is 0.611. The quantitative estimate of drug-likeness (QED) is 0.858. The maximum absolute atomic E-state index is 5.92. The molecule has 1 aromatic carbocycles. The fourth-order valence-electron chi connectivity index (χ4n) is 1.28. The highest BCUT2D eigenvalue weighted by Crippen LogP contribution is 2.26. The molecule has 17 heavy (non-hydrogen) atoms. The topological polar surface area (TPSA) is 37.8 Å². The van der Waals surface area contributed by atoms with Gasteiger partial charge < -0.3 is 5.32 Å². The highest BCUT2D eigenvalue weighted by atomic mass is 79.9. The van der Waals surface area contributed by atoms with Crippen LogP contribution in [0, 0.1) is 0 Å². The second-order valence-electron chi connectivity index (χ2n) is 3.31. The number of anilines is 1. The van der Waals surface area contributed by atoms with Crippen LogP contribution in [0.15, 0.2) is 35.1 Å². The van der Waals surface area contributed by atoms with Gasteiger partial charge in [-0.2, -0.15) is 0 Å². The summed E-state index contributed by atoms with van der Waals surface area (Å²) in [7, 11) is 0. The zero-order valence-corrected chi connectivity index (χ0v) is 11.7. The molecule has 0 fully saturated rings. The van der Waals surface area contributed by atoms with Gasteiger partial charge in [-0.3, -0.25) is 0 Å². The average molecular weight is 333 g/mol. The largest absolute Gasteiger partial charge is 0.376 e. The molecule has 0 aliphatic rings. The van der Waals surface area contributed by atoms with Gasteiger partial charge >= 0.3 is 0 Å². The fourth-order valence-corrected chi connectivity index (χ4v) is 2.00. The number of rotatable bonds is 3. The lowest BCUT2D eigenvalue weighted by Crippen LogP contribution is -2.02. The van der Waals surface area contributed by atoms with Crippen molar-refractivity contribution < 1.29 is 0 Å². The first-order valence-electron chi connectivity index (χ1n) is 4.81. The van der Waals surface area contributed by atoms with Crippen LogP contribution in [0.5, 0.6) is 0 Å². The highest BCUT2D eigenvalue weighted by molar-refractivity contribution is 9.10. The van der Waals surface area contributed by atoms with Crippen LogP contribution >= 0.6 is 39.1 Å². The van der Waals surface area contributed by atoms with Crippen molar-refractivity contribution in [2.24, 2.45) is 0 Å². The first-order chi connectivity index (χ1) is 8.16. The Morgan fingerprint density at radius 3 is 2.24 bits per heavy atom. The maximum atomic E-state index is 5.92. The van der Waals surface area contributed by atoms with E-state index in [2.05, 4.69) is 31.2 Å². The molecule has 0 bridgehead atoms. The molecule has 1 N–H and O–H groups in total. The molecule has 0 aliphatic carbocycles. The van der Waals surface area contributed by atoms with Gasteiger partial charge in [0.1, 0.15) is 12.0 Å². The molecule has 0 amide bonds. The van der Waals surface area contributed by atoms with Crippen LogP contribution in [0.1, 0.15) is 5.56 Å². The summed E-state index contributed by atoms with van der Waals surface area (Å²) in [5.41, 5.74) is 1.67. The van der Waals surface area contributed by atoms with Gasteiger partial charge in [-0.25, -0.2) is 9.97 Å². The van der Waals surface area contributed by atoms with E-state index in [0.717, 1.165) is 10.0 Å². The van der Waals surface area contributed by atoms with Gasteiger partial charge in [-0.15, -0.1) is 0 Å². The number of hydrogen-bond donors (Lipinski definition) is 1. The molecule has 0 atom stereocenters. The third-order valence-corrected chi connectivity index (χ3v) is 3.24. The van der Waals surface area contributed by atoms with Gasteiger partial charge in [0.25, 0.3) is 0 Å². The number of aromatic nitrogens is 2. The van der Waals surface area contributed by atoms with E-state index in [9.17, 15) is 0 Å². The van der Waals surface area contributed by atoms with Crippen LogP contribution in [0.2, 0.25) is 10.3 Å². The van der Waals surface area contributed by atoms with E-state index in [0.29, 0.717) is 22.5 Å². The summed E-state index contributed by atoms with van der Waals surface area (Å²) in [6, 6.07) is 7.95. The highest BCUT2D eigenvalue weighted by Gasteiger charge is 2.07. The van der Waals surface area contributed by atoms with Crippen molar-refractivity contribution in [3.63, 3.8) is 0 Å². The van der Waals surface area contributed by atoms with Crippen molar-refractivity contribution in [1.82, 2.24) is 9.97 Å². The average Bonchev–Trinajstić information content (AvgIpc) is 2.31. The smallest absolute Gasteiger partial charge is 0.157 e. The second-order valence-corrected chi connectivity index (χ2v) is 4.94. The van der Waals surface area contributed by atoms with Crippen molar-refractivity contribution in [3.8, 4) is 0 Å². The molecule has 0 unspecified atom stereocenters. The van der Waals surface area contributed by atoms with Gasteiger partial charge in [0.05, 0.1) is 0 Å². The Morgan fingerprint density at radius 1 is 1.06 bits per heavy atom. The standard InChI is InChI=1S/C11H8BrCl2N3/c12-8-3-1-7(2-4-8)5-15-9-10(13)16-6-17-11(9)14/h1-4,6,15H,5H2. The lowest BCUT2D eigenvalue weighted by molar-refractivity contribution is 1.10. The molecular weight excluding hydrogens is 325 g/mol. The minimum Gasteiger partial charge on any atom is -0.376 e. The lowest BCUT2D eigenvalue weighted by atomic mass is 10.2. The minimum atomic E-state index is 0.321. The summed E-state index contributed by atoms with van der Waals surface area (Å²) >= 11 is 15.2. The van der Waals surface area contributed by atoms with Crippen LogP contribution in [-0.2, 0) is 6.54 Å². The van der Waals surface area contributed by atoms with E-state index in [1.807, 2.05) is 24.3 Å². The number of halogens is 3. The van der Waals surface area contributed by atoms with Gasteiger partial charge in [0.2, 0.25) is 0 Å². The van der Waals surface area contributed by atoms with Crippen molar-refractivity contribution in [2.45, 2.75) is 6.54 Å². The summed E-state index contributed by atoms with van der Waals surface area (Å²) in [4.78, 5) is 7.73. The summed E-state index contributed by atoms with van der Waals surface area (Å²) in [5.74, 6) is 0. The molecule has 3 nitrogen and oxygen atoms in total. The van der Waals surface area contributed by atoms with Crippen LogP contribution in [-0.4, -0.2) is 9.97 Å². The summed E-state index contributed by atoms with van der Waals surface area (Å²) in [6.07, 6.45) is 1.33. The molecule has 2 rings (SSSR count). The van der Waals surface area contributed by atoms with Crippen LogP contribution in [0.3, 0.4) is 0 Å². The van der Waals surface area contributed by atoms with Gasteiger partial charge in [-0.05, 0) is 17.7 Å². The Labute approximate surface area is 117 Å². The molecule has 6 heteroatoms. The second kappa shape index (κ2) is 5.67. The molecule has 0 saturated carbocycles. The molecule has 0 radical (unpaired) electrons. The number of nitrogens with one attached hydrogen (secondary N) is 1. The van der Waals surface area contributed by atoms with E-state index in [1.165, 1.54) is 6.33 Å². The van der Waals surface area contributed by atoms with E-state index >= 15 is 0 Å². The number of nitrogens with zero attached hydrogens (tertiary/aromatic N) is 2. The monoisotopic (exact) mass is 331 g/mol. The summed E-state index contributed by atoms with van der Waals surface area (Å²) < 4.78 is 1.04. The molecule has 2 aromatic rings. The predicted molar refractivity (Wildman–Crippen MR) is 73.5 cm³/mol. The molecule has 1 aromatic heterocycles. The molecule has 1 heterocycles. The van der Waals surface area contributed by atoms with E-state index in [-0.39, 0.29) is 0 Å². The molecule has 0 saturated heterocycles. The molecule has 0 spiro atoms. The Balaban J connectivity index is 2.10. The number of benzene rings is 1. The Bertz CT molecular complexity index is 496. The Morgan fingerprint density at radius 2 is 1.65 bits per heavy atom. The lowest BCUT2D eigenvalue weighted by Gasteiger charge is -2.08. The predicted octanol–water partition coefficient (Wildman–Crippen LogP) is 4.16. The minimum absolute atomic E-state index is 0.321. The van der Waals surface area contributed by atoms with Crippen molar-refractivity contribution in [1.29, 1.82) is 0 Å². The molecule has 0 aliphatic heterocycles. The first-order valence-corrected chi connectivity index (χ1v) is 6.36. The van der Waals surface area contributed by atoms with E-state index in [1.54, 1.807) is 0 Å². The van der Waals surface area contributed by atoms with Crippen molar-refractivity contribution >= 4 is 44.8 Å². The van der Waals surface area contributed by atoms with E-state index < -0.39 is 0 Å². The fraction of sp³-hybridized carbons (Fsp3) is 0.0909. The zero-order valence-electron chi connectivity index (χ0n) is 8.62. The van der Waals surface area contributed by atoms with Crippen LogP contribution < -0.4 is 5.32 Å².